The Morgan fingerprint density at radius 2 is 1.61 bits per heavy atom. The van der Waals surface area contributed by atoms with Gasteiger partial charge in [-0.2, -0.15) is 0 Å². The van der Waals surface area contributed by atoms with Crippen molar-refractivity contribution in [3.63, 3.8) is 0 Å². The van der Waals surface area contributed by atoms with Gasteiger partial charge in [0.25, 0.3) is 17.7 Å². The zero-order valence-corrected chi connectivity index (χ0v) is 17.7. The number of carbonyl (C=O) groups is 4. The lowest BCUT2D eigenvalue weighted by atomic mass is 10.0. The van der Waals surface area contributed by atoms with Gasteiger partial charge in [0, 0.05) is 13.0 Å². The van der Waals surface area contributed by atoms with Gasteiger partial charge in [0.1, 0.15) is 0 Å². The van der Waals surface area contributed by atoms with Crippen LogP contribution in [0.25, 0.3) is 0 Å². The van der Waals surface area contributed by atoms with E-state index in [2.05, 4.69) is 5.32 Å². The molecule has 0 aromatic heterocycles. The molecule has 1 atom stereocenters. The molecule has 0 saturated carbocycles. The highest BCUT2D eigenvalue weighted by Crippen LogP contribution is 2.22. The van der Waals surface area contributed by atoms with Gasteiger partial charge in [-0.05, 0) is 37.5 Å². The smallest absolute Gasteiger partial charge is 0.306 e. The predicted molar refractivity (Wildman–Crippen MR) is 114 cm³/mol. The third-order valence-electron chi connectivity index (χ3n) is 5.23. The maximum absolute atomic E-state index is 12.3. The van der Waals surface area contributed by atoms with E-state index in [1.165, 1.54) is 0 Å². The molecule has 1 heterocycles. The molecule has 0 aliphatic carbocycles. The Morgan fingerprint density at radius 3 is 2.19 bits per heavy atom. The summed E-state index contributed by atoms with van der Waals surface area (Å²) in [6.45, 7) is 3.72. The molecule has 1 aliphatic rings. The standard InChI is InChI=1S/C24H26N2O5/c1-3-20(17-12-10-16(2)11-13-17)25-21(27)15-31-22(28)9-6-14-26-23(29)18-7-4-5-8-19(18)24(26)30/h4-5,7-8,10-13,20H,3,6,9,14-15H2,1-2H3,(H,25,27)/t20-/m0/s1. The number of nitrogens with zero attached hydrogens (tertiary/aromatic N) is 1. The van der Waals surface area contributed by atoms with Crippen LogP contribution in [0.2, 0.25) is 0 Å². The molecule has 0 bridgehead atoms. The minimum Gasteiger partial charge on any atom is -0.456 e. The Kier molecular flexibility index (Phi) is 7.18. The van der Waals surface area contributed by atoms with E-state index in [1.54, 1.807) is 24.3 Å². The van der Waals surface area contributed by atoms with Crippen molar-refractivity contribution in [2.45, 2.75) is 39.2 Å². The van der Waals surface area contributed by atoms with E-state index in [0.717, 1.165) is 16.0 Å². The number of carbonyl (C=O) groups excluding carboxylic acids is 4. The van der Waals surface area contributed by atoms with Gasteiger partial charge in [0.15, 0.2) is 6.61 Å². The zero-order chi connectivity index (χ0) is 22.4. The molecular formula is C24H26N2O5. The molecule has 3 rings (SSSR count). The molecule has 7 nitrogen and oxygen atoms in total. The average Bonchev–Trinajstić information content (AvgIpc) is 3.02. The van der Waals surface area contributed by atoms with Gasteiger partial charge >= 0.3 is 5.97 Å². The molecular weight excluding hydrogens is 396 g/mol. The molecule has 0 fully saturated rings. The van der Waals surface area contributed by atoms with E-state index < -0.39 is 5.97 Å². The highest BCUT2D eigenvalue weighted by molar-refractivity contribution is 6.21. The van der Waals surface area contributed by atoms with Gasteiger partial charge in [-0.25, -0.2) is 0 Å². The first-order valence-electron chi connectivity index (χ1n) is 10.4. The fraction of sp³-hybridized carbons (Fsp3) is 0.333. The number of benzene rings is 2. The Bertz CT molecular complexity index is 949. The number of amides is 3. The van der Waals surface area contributed by atoms with E-state index >= 15 is 0 Å². The molecule has 1 N–H and O–H groups in total. The van der Waals surface area contributed by atoms with Crippen molar-refractivity contribution in [3.8, 4) is 0 Å². The second kappa shape index (κ2) is 10.0. The topological polar surface area (TPSA) is 92.8 Å². The van der Waals surface area contributed by atoms with Crippen LogP contribution in [0.15, 0.2) is 48.5 Å². The monoisotopic (exact) mass is 422 g/mol. The van der Waals surface area contributed by atoms with Crippen LogP contribution in [0.5, 0.6) is 0 Å². The van der Waals surface area contributed by atoms with E-state index in [-0.39, 0.29) is 49.8 Å². The maximum Gasteiger partial charge on any atom is 0.306 e. The summed E-state index contributed by atoms with van der Waals surface area (Å²) in [4.78, 5) is 49.9. The lowest BCUT2D eigenvalue weighted by Crippen LogP contribution is -2.33. The Balaban J connectivity index is 1.40. The van der Waals surface area contributed by atoms with Crippen LogP contribution in [-0.2, 0) is 14.3 Å². The van der Waals surface area contributed by atoms with Crippen molar-refractivity contribution in [1.82, 2.24) is 10.2 Å². The summed E-state index contributed by atoms with van der Waals surface area (Å²) in [5.41, 5.74) is 2.89. The minimum atomic E-state index is -0.546. The number of nitrogens with one attached hydrogen (secondary N) is 1. The zero-order valence-electron chi connectivity index (χ0n) is 17.7. The number of rotatable bonds is 9. The van der Waals surface area contributed by atoms with Crippen molar-refractivity contribution >= 4 is 23.7 Å². The first-order chi connectivity index (χ1) is 14.9. The molecule has 3 amide bonds. The quantitative estimate of drug-likeness (QED) is 0.495. The van der Waals surface area contributed by atoms with Gasteiger partial charge in [0.2, 0.25) is 0 Å². The third kappa shape index (κ3) is 5.36. The van der Waals surface area contributed by atoms with Crippen molar-refractivity contribution in [2.24, 2.45) is 0 Å². The number of aryl methyl sites for hydroxylation is 1. The van der Waals surface area contributed by atoms with E-state index in [1.807, 2.05) is 38.1 Å². The summed E-state index contributed by atoms with van der Waals surface area (Å²) in [5, 5.41) is 2.87. The van der Waals surface area contributed by atoms with Crippen LogP contribution in [0, 0.1) is 6.92 Å². The fourth-order valence-electron chi connectivity index (χ4n) is 3.50. The van der Waals surface area contributed by atoms with Gasteiger partial charge in [-0.15, -0.1) is 0 Å². The molecule has 1 aliphatic heterocycles. The number of fused-ring (bicyclic) bond motifs is 1. The van der Waals surface area contributed by atoms with Crippen LogP contribution < -0.4 is 5.32 Å². The van der Waals surface area contributed by atoms with Gasteiger partial charge < -0.3 is 10.1 Å². The van der Waals surface area contributed by atoms with E-state index in [9.17, 15) is 19.2 Å². The highest BCUT2D eigenvalue weighted by Gasteiger charge is 2.34. The van der Waals surface area contributed by atoms with Crippen molar-refractivity contribution < 1.29 is 23.9 Å². The van der Waals surface area contributed by atoms with Gasteiger partial charge in [-0.3, -0.25) is 24.1 Å². The molecule has 0 saturated heterocycles. The number of hydrogen-bond donors (Lipinski definition) is 1. The lowest BCUT2D eigenvalue weighted by Gasteiger charge is -2.18. The summed E-state index contributed by atoms with van der Waals surface area (Å²) in [5.74, 6) is -1.62. The molecule has 0 spiro atoms. The van der Waals surface area contributed by atoms with Gasteiger partial charge in [-0.1, -0.05) is 48.9 Å². The Morgan fingerprint density at radius 1 is 1.00 bits per heavy atom. The van der Waals surface area contributed by atoms with E-state index in [0.29, 0.717) is 17.5 Å². The van der Waals surface area contributed by atoms with Crippen LogP contribution in [0.4, 0.5) is 0 Å². The fourth-order valence-corrected chi connectivity index (χ4v) is 3.50. The van der Waals surface area contributed by atoms with Crippen LogP contribution in [0.3, 0.4) is 0 Å². The summed E-state index contributed by atoms with van der Waals surface area (Å²) in [6.07, 6.45) is 0.992. The largest absolute Gasteiger partial charge is 0.456 e. The summed E-state index contributed by atoms with van der Waals surface area (Å²) in [7, 11) is 0. The molecule has 162 valence electrons. The second-order valence-corrected chi connectivity index (χ2v) is 7.51. The first-order valence-corrected chi connectivity index (χ1v) is 10.4. The molecule has 7 heteroatoms. The SMILES string of the molecule is CC[C@H](NC(=O)COC(=O)CCCN1C(=O)c2ccccc2C1=O)c1ccc(C)cc1. The van der Waals surface area contributed by atoms with Crippen molar-refractivity contribution in [2.75, 3.05) is 13.2 Å². The Hall–Kier alpha value is -3.48. The van der Waals surface area contributed by atoms with Gasteiger partial charge in [0.05, 0.1) is 17.2 Å². The molecule has 31 heavy (non-hydrogen) atoms. The first kappa shape index (κ1) is 22.2. The number of hydrogen-bond acceptors (Lipinski definition) is 5. The third-order valence-corrected chi connectivity index (χ3v) is 5.23. The molecule has 0 unspecified atom stereocenters. The lowest BCUT2D eigenvalue weighted by molar-refractivity contribution is -0.148. The number of esters is 1. The van der Waals surface area contributed by atoms with Crippen LogP contribution in [-0.4, -0.2) is 41.7 Å². The van der Waals surface area contributed by atoms with Crippen LogP contribution >= 0.6 is 0 Å². The minimum absolute atomic E-state index is 0.00978. The number of ether oxygens (including phenoxy) is 1. The Labute approximate surface area is 181 Å². The van der Waals surface area contributed by atoms with Crippen molar-refractivity contribution in [3.05, 3.63) is 70.8 Å². The second-order valence-electron chi connectivity index (χ2n) is 7.51. The average molecular weight is 422 g/mol. The maximum atomic E-state index is 12.3. The molecule has 0 radical (unpaired) electrons. The summed E-state index contributed by atoms with van der Waals surface area (Å²) >= 11 is 0. The molecule has 2 aromatic carbocycles. The molecule has 2 aromatic rings. The summed E-state index contributed by atoms with van der Waals surface area (Å²) in [6, 6.07) is 14.4. The number of imide groups is 1. The van der Waals surface area contributed by atoms with Crippen molar-refractivity contribution in [1.29, 1.82) is 0 Å². The van der Waals surface area contributed by atoms with Crippen LogP contribution in [0.1, 0.15) is 64.1 Å². The highest BCUT2D eigenvalue weighted by atomic mass is 16.5. The van der Waals surface area contributed by atoms with E-state index in [4.69, 9.17) is 4.74 Å². The summed E-state index contributed by atoms with van der Waals surface area (Å²) < 4.78 is 5.05. The predicted octanol–water partition coefficient (Wildman–Crippen LogP) is 3.18. The normalized spacial score (nSPS) is 13.7.